The van der Waals surface area contributed by atoms with Gasteiger partial charge >= 0.3 is 0 Å². The van der Waals surface area contributed by atoms with Crippen LogP contribution < -0.4 is 10.5 Å². The maximum atomic E-state index is 6.01. The normalized spacial score (nSPS) is 10.5. The van der Waals surface area contributed by atoms with Gasteiger partial charge in [0, 0.05) is 24.8 Å². The van der Waals surface area contributed by atoms with E-state index in [0.717, 1.165) is 43.1 Å². The average molecular weight is 234 g/mol. The van der Waals surface area contributed by atoms with Gasteiger partial charge in [0.25, 0.3) is 0 Å². The van der Waals surface area contributed by atoms with Gasteiger partial charge in [-0.25, -0.2) is 0 Å². The fourth-order valence-electron chi connectivity index (χ4n) is 1.82. The molecule has 1 aromatic rings. The minimum absolute atomic E-state index is 0.787. The average Bonchev–Trinajstić information content (AvgIpc) is 2.32. The van der Waals surface area contributed by atoms with E-state index in [4.69, 9.17) is 10.5 Å². The molecule has 2 N–H and O–H groups in total. The van der Waals surface area contributed by atoms with E-state index in [1.54, 1.807) is 7.11 Å². The van der Waals surface area contributed by atoms with Crippen molar-refractivity contribution in [2.24, 2.45) is 0 Å². The lowest BCUT2D eigenvalue weighted by Gasteiger charge is -2.21. The fraction of sp³-hybridized carbons (Fsp3) is 0.429. The molecular formula is C14H22N2O. The Bertz CT molecular complexity index is 363. The molecule has 3 nitrogen and oxygen atoms in total. The third kappa shape index (κ3) is 4.11. The molecule has 0 aliphatic heterocycles. The summed E-state index contributed by atoms with van der Waals surface area (Å²) >= 11 is 0. The van der Waals surface area contributed by atoms with Crippen molar-refractivity contribution < 1.29 is 4.74 Å². The predicted molar refractivity (Wildman–Crippen MR) is 73.2 cm³/mol. The molecule has 0 amide bonds. The molecule has 1 aromatic carbocycles. The van der Waals surface area contributed by atoms with Crippen LogP contribution in [0.2, 0.25) is 0 Å². The first-order chi connectivity index (χ1) is 8.21. The van der Waals surface area contributed by atoms with Gasteiger partial charge in [0.15, 0.2) is 0 Å². The molecule has 0 bridgehead atoms. The molecule has 94 valence electrons. The topological polar surface area (TPSA) is 38.5 Å². The van der Waals surface area contributed by atoms with Crippen molar-refractivity contribution in [1.29, 1.82) is 0 Å². The number of nitrogen functional groups attached to an aromatic ring is 1. The van der Waals surface area contributed by atoms with Gasteiger partial charge < -0.3 is 10.5 Å². The van der Waals surface area contributed by atoms with Crippen LogP contribution in [0.15, 0.2) is 30.9 Å². The summed E-state index contributed by atoms with van der Waals surface area (Å²) in [5.41, 5.74) is 7.93. The minimum atomic E-state index is 0.787. The molecule has 0 atom stereocenters. The molecular weight excluding hydrogens is 212 g/mol. The van der Waals surface area contributed by atoms with Crippen LogP contribution in [0.4, 0.5) is 5.69 Å². The zero-order valence-electron chi connectivity index (χ0n) is 10.8. The van der Waals surface area contributed by atoms with Crippen LogP contribution in [0.5, 0.6) is 5.75 Å². The van der Waals surface area contributed by atoms with Crippen molar-refractivity contribution in [2.45, 2.75) is 19.9 Å². The summed E-state index contributed by atoms with van der Waals surface area (Å²) < 4.78 is 5.14. The van der Waals surface area contributed by atoms with Crippen LogP contribution >= 0.6 is 0 Å². The summed E-state index contributed by atoms with van der Waals surface area (Å²) in [7, 11) is 1.65. The molecule has 0 fully saturated rings. The highest BCUT2D eigenvalue weighted by atomic mass is 16.5. The molecule has 17 heavy (non-hydrogen) atoms. The van der Waals surface area contributed by atoms with Crippen LogP contribution in [0.25, 0.3) is 0 Å². The largest absolute Gasteiger partial charge is 0.497 e. The van der Waals surface area contributed by atoms with Crippen molar-refractivity contribution >= 4 is 5.69 Å². The second-order valence-corrected chi connectivity index (χ2v) is 4.09. The number of anilines is 1. The Morgan fingerprint density at radius 1 is 1.47 bits per heavy atom. The summed E-state index contributed by atoms with van der Waals surface area (Å²) in [5, 5.41) is 0. The van der Waals surface area contributed by atoms with Gasteiger partial charge in [0.05, 0.1) is 7.11 Å². The molecule has 0 saturated carbocycles. The molecule has 0 aliphatic carbocycles. The zero-order valence-corrected chi connectivity index (χ0v) is 10.8. The van der Waals surface area contributed by atoms with Gasteiger partial charge in [-0.3, -0.25) is 4.90 Å². The van der Waals surface area contributed by atoms with Crippen LogP contribution in [0, 0.1) is 0 Å². The molecule has 0 heterocycles. The summed E-state index contributed by atoms with van der Waals surface area (Å²) in [4.78, 5) is 2.32. The Labute approximate surface area is 104 Å². The molecule has 0 radical (unpaired) electrons. The Hall–Kier alpha value is -1.48. The zero-order chi connectivity index (χ0) is 12.7. The smallest absolute Gasteiger partial charge is 0.120 e. The SMILES string of the molecule is C=CCN(CCC)Cc1ccc(OC)cc1N. The van der Waals surface area contributed by atoms with Crippen LogP contribution in [-0.2, 0) is 6.54 Å². The highest BCUT2D eigenvalue weighted by Gasteiger charge is 2.06. The Morgan fingerprint density at radius 3 is 2.76 bits per heavy atom. The van der Waals surface area contributed by atoms with E-state index in [2.05, 4.69) is 18.4 Å². The Morgan fingerprint density at radius 2 is 2.24 bits per heavy atom. The summed E-state index contributed by atoms with van der Waals surface area (Å²) in [6, 6.07) is 5.84. The highest BCUT2D eigenvalue weighted by Crippen LogP contribution is 2.21. The first-order valence-electron chi connectivity index (χ1n) is 5.96. The van der Waals surface area contributed by atoms with Gasteiger partial charge in [-0.2, -0.15) is 0 Å². The number of methoxy groups -OCH3 is 1. The Kier molecular flexibility index (Phi) is 5.57. The number of hydrogen-bond acceptors (Lipinski definition) is 3. The second kappa shape index (κ2) is 6.97. The van der Waals surface area contributed by atoms with E-state index in [-0.39, 0.29) is 0 Å². The molecule has 1 rings (SSSR count). The maximum absolute atomic E-state index is 6.01. The standard InChI is InChI=1S/C14H22N2O/c1-4-8-16(9-5-2)11-12-6-7-13(17-3)10-14(12)15/h4,6-7,10H,1,5,8-9,11,15H2,2-3H3. The lowest BCUT2D eigenvalue weighted by Crippen LogP contribution is -2.24. The Balaban J connectivity index is 2.74. The van der Waals surface area contributed by atoms with Crippen molar-refractivity contribution in [2.75, 3.05) is 25.9 Å². The summed E-state index contributed by atoms with van der Waals surface area (Å²) in [6.45, 7) is 8.75. The number of benzene rings is 1. The maximum Gasteiger partial charge on any atom is 0.120 e. The first kappa shape index (κ1) is 13.6. The van der Waals surface area contributed by atoms with E-state index in [9.17, 15) is 0 Å². The third-order valence-corrected chi connectivity index (χ3v) is 2.67. The van der Waals surface area contributed by atoms with Crippen molar-refractivity contribution in [3.8, 4) is 5.75 Å². The van der Waals surface area contributed by atoms with E-state index in [0.29, 0.717) is 0 Å². The monoisotopic (exact) mass is 234 g/mol. The quantitative estimate of drug-likeness (QED) is 0.582. The van der Waals surface area contributed by atoms with Gasteiger partial charge in [-0.1, -0.05) is 19.1 Å². The number of hydrogen-bond donors (Lipinski definition) is 1. The van der Waals surface area contributed by atoms with Gasteiger partial charge in [0.2, 0.25) is 0 Å². The fourth-order valence-corrected chi connectivity index (χ4v) is 1.82. The summed E-state index contributed by atoms with van der Waals surface area (Å²) in [5.74, 6) is 0.803. The van der Waals surface area contributed by atoms with E-state index < -0.39 is 0 Å². The van der Waals surface area contributed by atoms with Crippen molar-refractivity contribution in [3.05, 3.63) is 36.4 Å². The highest BCUT2D eigenvalue weighted by molar-refractivity contribution is 5.51. The lowest BCUT2D eigenvalue weighted by molar-refractivity contribution is 0.295. The van der Waals surface area contributed by atoms with E-state index in [1.165, 1.54) is 0 Å². The van der Waals surface area contributed by atoms with Gasteiger partial charge in [-0.15, -0.1) is 6.58 Å². The van der Waals surface area contributed by atoms with Gasteiger partial charge in [0.1, 0.15) is 5.75 Å². The molecule has 0 spiro atoms. The number of nitrogens with zero attached hydrogens (tertiary/aromatic N) is 1. The number of nitrogens with two attached hydrogens (primary N) is 1. The van der Waals surface area contributed by atoms with Crippen LogP contribution in [0.3, 0.4) is 0 Å². The van der Waals surface area contributed by atoms with E-state index >= 15 is 0 Å². The molecule has 0 unspecified atom stereocenters. The van der Waals surface area contributed by atoms with E-state index in [1.807, 2.05) is 24.3 Å². The van der Waals surface area contributed by atoms with Crippen molar-refractivity contribution in [1.82, 2.24) is 4.90 Å². The van der Waals surface area contributed by atoms with Crippen molar-refractivity contribution in [3.63, 3.8) is 0 Å². The summed E-state index contributed by atoms with van der Waals surface area (Å²) in [6.07, 6.45) is 3.05. The number of rotatable bonds is 7. The minimum Gasteiger partial charge on any atom is -0.497 e. The molecule has 0 aromatic heterocycles. The first-order valence-corrected chi connectivity index (χ1v) is 5.96. The van der Waals surface area contributed by atoms with Crippen LogP contribution in [0.1, 0.15) is 18.9 Å². The third-order valence-electron chi connectivity index (χ3n) is 2.67. The predicted octanol–water partition coefficient (Wildman–Crippen LogP) is 2.68. The molecule has 0 aliphatic rings. The van der Waals surface area contributed by atoms with Crippen LogP contribution in [-0.4, -0.2) is 25.1 Å². The second-order valence-electron chi connectivity index (χ2n) is 4.09. The number of ether oxygens (including phenoxy) is 1. The lowest BCUT2D eigenvalue weighted by atomic mass is 10.1. The molecule has 0 saturated heterocycles. The molecule has 3 heteroatoms. The van der Waals surface area contributed by atoms with Gasteiger partial charge in [-0.05, 0) is 24.6 Å².